The lowest BCUT2D eigenvalue weighted by molar-refractivity contribution is 0.0763. The third-order valence-corrected chi connectivity index (χ3v) is 5.76. The van der Waals surface area contributed by atoms with Crippen LogP contribution in [0.1, 0.15) is 41.7 Å². The lowest BCUT2D eigenvalue weighted by Gasteiger charge is -2.21. The highest BCUT2D eigenvalue weighted by Crippen LogP contribution is 2.30. The first-order chi connectivity index (χ1) is 12.1. The molecule has 1 amide bonds. The number of pyridine rings is 1. The first-order valence-electron chi connectivity index (χ1n) is 8.82. The van der Waals surface area contributed by atoms with Crippen LogP contribution in [-0.4, -0.2) is 38.7 Å². The summed E-state index contributed by atoms with van der Waals surface area (Å²) in [4.78, 5) is 21.2. The van der Waals surface area contributed by atoms with E-state index in [1.54, 1.807) is 16.0 Å². The Hall–Kier alpha value is -2.21. The fourth-order valence-corrected chi connectivity index (χ4v) is 4.29. The maximum absolute atomic E-state index is 13.3. The van der Waals surface area contributed by atoms with Crippen molar-refractivity contribution in [3.63, 3.8) is 0 Å². The molecule has 3 aromatic heterocycles. The van der Waals surface area contributed by atoms with Crippen molar-refractivity contribution in [1.82, 2.24) is 19.7 Å². The fourth-order valence-electron chi connectivity index (χ4n) is 3.61. The van der Waals surface area contributed by atoms with Crippen LogP contribution < -0.4 is 0 Å². The predicted octanol–water partition coefficient (Wildman–Crippen LogP) is 4.02. The highest BCUT2D eigenvalue weighted by Gasteiger charge is 2.24. The van der Waals surface area contributed by atoms with E-state index in [0.717, 1.165) is 58.8 Å². The second-order valence-corrected chi connectivity index (χ2v) is 7.59. The van der Waals surface area contributed by atoms with Crippen molar-refractivity contribution in [2.24, 2.45) is 7.05 Å². The molecule has 0 bridgehead atoms. The maximum Gasteiger partial charge on any atom is 0.254 e. The molecular formula is C19H22N4OS. The van der Waals surface area contributed by atoms with Gasteiger partial charge in [-0.05, 0) is 37.3 Å². The van der Waals surface area contributed by atoms with Gasteiger partial charge in [0.05, 0.1) is 27.2 Å². The summed E-state index contributed by atoms with van der Waals surface area (Å²) in [6.07, 6.45) is 4.59. The standard InChI is InChI=1S/C19H22N4OS/c1-13-17-14(19(24)23-9-5-3-4-6-10-23)12-15(16-8-7-11-25-16)20-18(17)22(2)21-13/h7-8,11-12H,3-6,9-10H2,1-2H3. The molecule has 3 aromatic rings. The average molecular weight is 354 g/mol. The highest BCUT2D eigenvalue weighted by atomic mass is 32.1. The number of fused-ring (bicyclic) bond motifs is 1. The largest absolute Gasteiger partial charge is 0.339 e. The van der Waals surface area contributed by atoms with E-state index in [1.807, 2.05) is 42.5 Å². The number of thiophene rings is 1. The van der Waals surface area contributed by atoms with Crippen LogP contribution in [0.3, 0.4) is 0 Å². The number of hydrogen-bond donors (Lipinski definition) is 0. The number of aromatic nitrogens is 3. The molecule has 130 valence electrons. The van der Waals surface area contributed by atoms with Crippen molar-refractivity contribution in [1.29, 1.82) is 0 Å². The van der Waals surface area contributed by atoms with Crippen LogP contribution in [-0.2, 0) is 7.05 Å². The molecule has 0 radical (unpaired) electrons. The smallest absolute Gasteiger partial charge is 0.254 e. The Morgan fingerprint density at radius 1 is 1.20 bits per heavy atom. The van der Waals surface area contributed by atoms with Crippen molar-refractivity contribution in [2.45, 2.75) is 32.6 Å². The number of carbonyl (C=O) groups is 1. The molecule has 6 heteroatoms. The van der Waals surface area contributed by atoms with Crippen LogP contribution in [0.4, 0.5) is 0 Å². The molecule has 0 unspecified atom stereocenters. The molecule has 0 atom stereocenters. The van der Waals surface area contributed by atoms with Crippen LogP contribution in [0.15, 0.2) is 23.6 Å². The molecule has 0 aromatic carbocycles. The van der Waals surface area contributed by atoms with E-state index < -0.39 is 0 Å². The fraction of sp³-hybridized carbons (Fsp3) is 0.421. The van der Waals surface area contributed by atoms with Gasteiger partial charge in [0.2, 0.25) is 0 Å². The molecule has 0 spiro atoms. The number of amides is 1. The first kappa shape index (κ1) is 16.3. The summed E-state index contributed by atoms with van der Waals surface area (Å²) in [5, 5.41) is 7.43. The summed E-state index contributed by atoms with van der Waals surface area (Å²) in [7, 11) is 1.89. The van der Waals surface area contributed by atoms with E-state index in [-0.39, 0.29) is 5.91 Å². The Kier molecular flexibility index (Phi) is 4.29. The minimum atomic E-state index is 0.114. The van der Waals surface area contributed by atoms with E-state index in [1.165, 1.54) is 12.8 Å². The van der Waals surface area contributed by atoms with Crippen LogP contribution in [0.5, 0.6) is 0 Å². The third kappa shape index (κ3) is 2.95. The summed E-state index contributed by atoms with van der Waals surface area (Å²) < 4.78 is 1.78. The summed E-state index contributed by atoms with van der Waals surface area (Å²) in [6, 6.07) is 6.01. The number of aryl methyl sites for hydroxylation is 2. The summed E-state index contributed by atoms with van der Waals surface area (Å²) in [5.74, 6) is 0.114. The Morgan fingerprint density at radius 3 is 2.64 bits per heavy atom. The molecule has 0 saturated carbocycles. The maximum atomic E-state index is 13.3. The highest BCUT2D eigenvalue weighted by molar-refractivity contribution is 7.13. The van der Waals surface area contributed by atoms with Crippen LogP contribution >= 0.6 is 11.3 Å². The van der Waals surface area contributed by atoms with Crippen molar-refractivity contribution < 1.29 is 4.79 Å². The quantitative estimate of drug-likeness (QED) is 0.698. The molecule has 4 heterocycles. The van der Waals surface area contributed by atoms with E-state index >= 15 is 0 Å². The van der Waals surface area contributed by atoms with Gasteiger partial charge in [-0.25, -0.2) is 4.98 Å². The topological polar surface area (TPSA) is 51.0 Å². The number of rotatable bonds is 2. The normalized spacial score (nSPS) is 15.5. The van der Waals surface area contributed by atoms with Gasteiger partial charge in [0, 0.05) is 20.1 Å². The van der Waals surface area contributed by atoms with Gasteiger partial charge in [0.25, 0.3) is 5.91 Å². The summed E-state index contributed by atoms with van der Waals surface area (Å²) in [6.45, 7) is 3.64. The zero-order valence-corrected chi connectivity index (χ0v) is 15.5. The lowest BCUT2D eigenvalue weighted by atomic mass is 10.1. The SMILES string of the molecule is Cc1nn(C)c2nc(-c3cccs3)cc(C(=O)N3CCCCCC3)c12. The van der Waals surface area contributed by atoms with Gasteiger partial charge in [-0.1, -0.05) is 18.9 Å². The Balaban J connectivity index is 1.87. The van der Waals surface area contributed by atoms with E-state index in [2.05, 4.69) is 5.10 Å². The van der Waals surface area contributed by atoms with E-state index in [0.29, 0.717) is 0 Å². The minimum Gasteiger partial charge on any atom is -0.339 e. The van der Waals surface area contributed by atoms with Gasteiger partial charge in [-0.3, -0.25) is 9.48 Å². The number of hydrogen-bond acceptors (Lipinski definition) is 4. The number of nitrogens with zero attached hydrogens (tertiary/aromatic N) is 4. The van der Waals surface area contributed by atoms with E-state index in [9.17, 15) is 4.79 Å². The Bertz CT molecular complexity index is 905. The molecule has 4 rings (SSSR count). The number of carbonyl (C=O) groups excluding carboxylic acids is 1. The summed E-state index contributed by atoms with van der Waals surface area (Å²) >= 11 is 1.64. The lowest BCUT2D eigenvalue weighted by Crippen LogP contribution is -2.32. The molecule has 1 saturated heterocycles. The zero-order valence-electron chi connectivity index (χ0n) is 14.7. The average Bonchev–Trinajstić information content (AvgIpc) is 3.14. The van der Waals surface area contributed by atoms with Gasteiger partial charge in [0.15, 0.2) is 5.65 Å². The first-order valence-corrected chi connectivity index (χ1v) is 9.70. The third-order valence-electron chi connectivity index (χ3n) is 4.87. The molecule has 5 nitrogen and oxygen atoms in total. The van der Waals surface area contributed by atoms with Gasteiger partial charge < -0.3 is 4.90 Å². The van der Waals surface area contributed by atoms with Crippen LogP contribution in [0.2, 0.25) is 0 Å². The zero-order chi connectivity index (χ0) is 17.4. The van der Waals surface area contributed by atoms with Crippen LogP contribution in [0.25, 0.3) is 21.6 Å². The van der Waals surface area contributed by atoms with E-state index in [4.69, 9.17) is 4.98 Å². The van der Waals surface area contributed by atoms with Crippen molar-refractivity contribution in [2.75, 3.05) is 13.1 Å². The number of likely N-dealkylation sites (tertiary alicyclic amines) is 1. The molecule has 1 aliphatic heterocycles. The van der Waals surface area contributed by atoms with Gasteiger partial charge in [0.1, 0.15) is 0 Å². The Morgan fingerprint density at radius 2 is 1.96 bits per heavy atom. The van der Waals surface area contributed by atoms with Crippen molar-refractivity contribution >= 4 is 28.3 Å². The van der Waals surface area contributed by atoms with Gasteiger partial charge >= 0.3 is 0 Å². The second kappa shape index (κ2) is 6.59. The van der Waals surface area contributed by atoms with Crippen molar-refractivity contribution in [3.8, 4) is 10.6 Å². The Labute approximate surface area is 151 Å². The molecule has 0 aliphatic carbocycles. The molecule has 0 N–H and O–H groups in total. The summed E-state index contributed by atoms with van der Waals surface area (Å²) in [5.41, 5.74) is 3.23. The minimum absolute atomic E-state index is 0.114. The van der Waals surface area contributed by atoms with Crippen molar-refractivity contribution in [3.05, 3.63) is 34.8 Å². The molecule has 25 heavy (non-hydrogen) atoms. The van der Waals surface area contributed by atoms with Gasteiger partial charge in [-0.2, -0.15) is 5.10 Å². The predicted molar refractivity (Wildman–Crippen MR) is 101 cm³/mol. The second-order valence-electron chi connectivity index (χ2n) is 6.65. The molecular weight excluding hydrogens is 332 g/mol. The molecule has 1 fully saturated rings. The monoisotopic (exact) mass is 354 g/mol. The van der Waals surface area contributed by atoms with Gasteiger partial charge in [-0.15, -0.1) is 11.3 Å². The molecule has 1 aliphatic rings. The van der Waals surface area contributed by atoms with Crippen LogP contribution in [0, 0.1) is 6.92 Å².